The molecule has 0 unspecified atom stereocenters. The lowest BCUT2D eigenvalue weighted by molar-refractivity contribution is 0.103. The summed E-state index contributed by atoms with van der Waals surface area (Å²) in [6, 6.07) is 11.5. The Morgan fingerprint density at radius 3 is 2.61 bits per heavy atom. The van der Waals surface area contributed by atoms with E-state index in [0.29, 0.717) is 11.3 Å². The van der Waals surface area contributed by atoms with Crippen molar-refractivity contribution < 1.29 is 22.7 Å². The van der Waals surface area contributed by atoms with Crippen LogP contribution in [-0.2, 0) is 0 Å². The van der Waals surface area contributed by atoms with E-state index in [2.05, 4.69) is 14.8 Å². The Morgan fingerprint density at radius 2 is 1.87 bits per heavy atom. The van der Waals surface area contributed by atoms with Crippen LogP contribution in [0.15, 0.2) is 54.7 Å². The van der Waals surface area contributed by atoms with Crippen LogP contribution in [0.25, 0.3) is 16.6 Å². The molecule has 4 N–H and O–H groups in total. The maximum Gasteiger partial charge on any atom is 0.214 e. The Bertz CT molecular complexity index is 1690. The molecule has 0 saturated carbocycles. The fourth-order valence-corrected chi connectivity index (χ4v) is 4.65. The Hall–Kier alpha value is -4.38. The second-order valence-corrected chi connectivity index (χ2v) is 9.26. The van der Waals surface area contributed by atoms with Crippen molar-refractivity contribution in [1.82, 2.24) is 14.8 Å². The molecule has 0 spiro atoms. The molecule has 7 nitrogen and oxygen atoms in total. The van der Waals surface area contributed by atoms with Gasteiger partial charge >= 0.3 is 0 Å². The lowest BCUT2D eigenvalue weighted by Gasteiger charge is -2.13. The Labute approximate surface area is 219 Å². The summed E-state index contributed by atoms with van der Waals surface area (Å²) in [7, 11) is 0. The lowest BCUT2D eigenvalue weighted by atomic mass is 10.1. The van der Waals surface area contributed by atoms with Crippen molar-refractivity contribution in [2.45, 2.75) is 13.8 Å². The molecule has 0 saturated heterocycles. The summed E-state index contributed by atoms with van der Waals surface area (Å²) < 4.78 is 52.4. The summed E-state index contributed by atoms with van der Waals surface area (Å²) in [6.45, 7) is 3.55. The van der Waals surface area contributed by atoms with Gasteiger partial charge in [0.1, 0.15) is 17.3 Å². The normalized spacial score (nSPS) is 11.2. The predicted octanol–water partition coefficient (Wildman–Crippen LogP) is 6.68. The number of nitrogens with two attached hydrogens (primary N) is 1. The van der Waals surface area contributed by atoms with Gasteiger partial charge in [-0.1, -0.05) is 18.0 Å². The van der Waals surface area contributed by atoms with Crippen LogP contribution in [0.5, 0.6) is 11.5 Å². The molecule has 5 aromatic rings. The number of nitrogens with one attached hydrogen (secondary N) is 2. The number of carbonyl (C=O) groups is 1. The molecule has 0 aliphatic carbocycles. The number of ether oxygens (including phenoxy) is 1. The average molecular weight is 538 g/mol. The number of halogens is 3. The number of hydrogen-bond acceptors (Lipinski definition) is 6. The second kappa shape index (κ2) is 9.82. The number of aromatic nitrogens is 3. The van der Waals surface area contributed by atoms with Crippen LogP contribution < -0.4 is 15.2 Å². The molecule has 0 fully saturated rings. The first-order chi connectivity index (χ1) is 18.2. The molecule has 11 heteroatoms. The van der Waals surface area contributed by atoms with Gasteiger partial charge in [-0.2, -0.15) is 9.49 Å². The van der Waals surface area contributed by atoms with Gasteiger partial charge < -0.3 is 20.2 Å². The Kier molecular flexibility index (Phi) is 6.53. The summed E-state index contributed by atoms with van der Waals surface area (Å²) in [5, 5.41) is 5.01. The van der Waals surface area contributed by atoms with Crippen LogP contribution in [0, 0.1) is 31.3 Å². The van der Waals surface area contributed by atoms with Crippen LogP contribution >= 0.6 is 11.9 Å². The van der Waals surface area contributed by atoms with Crippen LogP contribution in [0.4, 0.5) is 24.7 Å². The summed E-state index contributed by atoms with van der Waals surface area (Å²) in [6.07, 6.45) is 3.20. The second-order valence-electron chi connectivity index (χ2n) is 8.65. The largest absolute Gasteiger partial charge is 0.454 e. The molecule has 194 valence electrons. The Morgan fingerprint density at radius 1 is 1.08 bits per heavy atom. The van der Waals surface area contributed by atoms with E-state index in [9.17, 15) is 13.6 Å². The number of hydrogen-bond donors (Lipinski definition) is 3. The molecule has 0 aliphatic heterocycles. The monoisotopic (exact) mass is 537 g/mol. The number of nitrogens with zero attached hydrogens (tertiary/aromatic N) is 2. The van der Waals surface area contributed by atoms with Crippen LogP contribution in [-0.4, -0.2) is 26.8 Å². The third-order valence-corrected chi connectivity index (χ3v) is 6.48. The molecule has 0 radical (unpaired) electrons. The van der Waals surface area contributed by atoms with E-state index in [1.54, 1.807) is 13.0 Å². The number of H-pyrrole nitrogens is 1. The van der Waals surface area contributed by atoms with Crippen molar-refractivity contribution in [2.24, 2.45) is 0 Å². The zero-order valence-electron chi connectivity index (χ0n) is 20.5. The minimum atomic E-state index is -1.18. The van der Waals surface area contributed by atoms with Crippen molar-refractivity contribution in [3.8, 4) is 17.2 Å². The standard InChI is InChI=1S/C27H22F3N5O2S/c1-13-7-15-9-22(33-21(15)11-20(13)34-38-3)26(36)17-12-32-35(27(17)31)25-14(2)8-16(10-19(25)29)37-23-6-4-5-18(28)24(23)30/h4-12,33-34H,31H2,1-3H3. The van der Waals surface area contributed by atoms with E-state index in [0.717, 1.165) is 39.0 Å². The van der Waals surface area contributed by atoms with Gasteiger partial charge in [-0.3, -0.25) is 4.79 Å². The van der Waals surface area contributed by atoms with Gasteiger partial charge in [-0.05, 0) is 61.4 Å². The summed E-state index contributed by atoms with van der Waals surface area (Å²) >= 11 is 1.47. The number of rotatable bonds is 7. The van der Waals surface area contributed by atoms with Gasteiger partial charge in [0.15, 0.2) is 17.4 Å². The zero-order valence-corrected chi connectivity index (χ0v) is 21.3. The highest BCUT2D eigenvalue weighted by molar-refractivity contribution is 7.99. The van der Waals surface area contributed by atoms with Crippen molar-refractivity contribution >= 4 is 40.1 Å². The van der Waals surface area contributed by atoms with E-state index >= 15 is 4.39 Å². The highest BCUT2D eigenvalue weighted by Gasteiger charge is 2.23. The SMILES string of the molecule is CSNc1cc2[nH]c(C(=O)c3cnn(-c4c(C)cc(Oc5cccc(F)c5F)cc4F)c3N)cc2cc1C. The molecule has 0 atom stereocenters. The predicted molar refractivity (Wildman–Crippen MR) is 143 cm³/mol. The lowest BCUT2D eigenvalue weighted by Crippen LogP contribution is -2.10. The number of aryl methyl sites for hydroxylation is 2. The van der Waals surface area contributed by atoms with Crippen molar-refractivity contribution in [3.05, 3.63) is 94.6 Å². The first kappa shape index (κ1) is 25.3. The molecular formula is C27H22F3N5O2S. The van der Waals surface area contributed by atoms with Gasteiger partial charge in [0, 0.05) is 28.9 Å². The number of ketones is 1. The molecule has 38 heavy (non-hydrogen) atoms. The van der Waals surface area contributed by atoms with Gasteiger partial charge in [0.25, 0.3) is 0 Å². The summed E-state index contributed by atoms with van der Waals surface area (Å²) in [4.78, 5) is 16.4. The smallest absolute Gasteiger partial charge is 0.214 e. The van der Waals surface area contributed by atoms with Crippen molar-refractivity contribution in [1.29, 1.82) is 0 Å². The van der Waals surface area contributed by atoms with Gasteiger partial charge in [0.05, 0.1) is 17.5 Å². The van der Waals surface area contributed by atoms with E-state index in [-0.39, 0.29) is 28.6 Å². The van der Waals surface area contributed by atoms with Crippen LogP contribution in [0.1, 0.15) is 27.2 Å². The first-order valence-corrected chi connectivity index (χ1v) is 12.6. The van der Waals surface area contributed by atoms with Crippen molar-refractivity contribution in [3.63, 3.8) is 0 Å². The Balaban J connectivity index is 1.46. The summed E-state index contributed by atoms with van der Waals surface area (Å²) in [5.41, 5.74) is 9.72. The number of benzene rings is 3. The van der Waals surface area contributed by atoms with E-state index in [1.165, 1.54) is 36.3 Å². The molecule has 2 heterocycles. The quantitative estimate of drug-likeness (QED) is 0.158. The number of anilines is 2. The third kappa shape index (κ3) is 4.45. The maximum atomic E-state index is 15.2. The molecule has 5 rings (SSSR count). The highest BCUT2D eigenvalue weighted by atomic mass is 32.2. The van der Waals surface area contributed by atoms with Crippen LogP contribution in [0.2, 0.25) is 0 Å². The van der Waals surface area contributed by atoms with E-state index in [1.807, 2.05) is 25.3 Å². The van der Waals surface area contributed by atoms with E-state index < -0.39 is 23.2 Å². The minimum absolute atomic E-state index is 0.00586. The minimum Gasteiger partial charge on any atom is -0.454 e. The molecule has 3 aromatic carbocycles. The maximum absolute atomic E-state index is 15.2. The van der Waals surface area contributed by atoms with E-state index in [4.69, 9.17) is 10.5 Å². The molecule has 2 aromatic heterocycles. The zero-order chi connectivity index (χ0) is 27.1. The molecular weight excluding hydrogens is 515 g/mol. The van der Waals surface area contributed by atoms with Crippen molar-refractivity contribution in [2.75, 3.05) is 16.7 Å². The molecule has 0 bridgehead atoms. The summed E-state index contributed by atoms with van der Waals surface area (Å²) in [5.74, 6) is -3.92. The number of fused-ring (bicyclic) bond motifs is 1. The fourth-order valence-electron chi connectivity index (χ4n) is 4.21. The van der Waals surface area contributed by atoms with Crippen LogP contribution in [0.3, 0.4) is 0 Å². The van der Waals surface area contributed by atoms with Gasteiger partial charge in [-0.25, -0.2) is 13.5 Å². The van der Waals surface area contributed by atoms with Gasteiger partial charge in [0.2, 0.25) is 11.6 Å². The highest BCUT2D eigenvalue weighted by Crippen LogP contribution is 2.32. The molecule has 0 amide bonds. The third-order valence-electron chi connectivity index (χ3n) is 6.06. The topological polar surface area (TPSA) is 98.0 Å². The molecule has 0 aliphatic rings. The first-order valence-electron chi connectivity index (χ1n) is 11.4. The fraction of sp³-hybridized carbons (Fsp3) is 0.111. The van der Waals surface area contributed by atoms with Gasteiger partial charge in [-0.15, -0.1) is 0 Å². The number of carbonyl (C=O) groups excluding carboxylic acids is 1. The average Bonchev–Trinajstić information content (AvgIpc) is 3.45. The number of aromatic amines is 1. The number of nitrogen functional groups attached to an aromatic ring is 1.